The van der Waals surface area contributed by atoms with Gasteiger partial charge in [-0.3, -0.25) is 4.99 Å². The summed E-state index contributed by atoms with van der Waals surface area (Å²) in [6, 6.07) is 10.2. The number of piperidine rings is 1. The standard InChI is InChI=1S/C18H30N4O/c1-19-18(20-10-14-22-12-6-3-7-13-22)21-11-15-23-16-17-8-4-2-5-9-17/h2,4-5,8-9H,3,6-7,10-16H2,1H3,(H2,19,20,21). The minimum atomic E-state index is 0.656. The first-order chi connectivity index (χ1) is 11.4. The molecule has 1 aliphatic heterocycles. The number of guanidine groups is 1. The van der Waals surface area contributed by atoms with Crippen LogP contribution in [0.15, 0.2) is 35.3 Å². The Labute approximate surface area is 140 Å². The van der Waals surface area contributed by atoms with Gasteiger partial charge in [0, 0.05) is 26.7 Å². The van der Waals surface area contributed by atoms with Crippen LogP contribution < -0.4 is 10.6 Å². The molecule has 1 saturated heterocycles. The third kappa shape index (κ3) is 7.48. The van der Waals surface area contributed by atoms with E-state index in [0.717, 1.165) is 25.6 Å². The molecule has 5 nitrogen and oxygen atoms in total. The van der Waals surface area contributed by atoms with Crippen molar-refractivity contribution in [3.63, 3.8) is 0 Å². The lowest BCUT2D eigenvalue weighted by Gasteiger charge is -2.26. The third-order valence-corrected chi connectivity index (χ3v) is 4.04. The van der Waals surface area contributed by atoms with E-state index >= 15 is 0 Å². The number of hydrogen-bond donors (Lipinski definition) is 2. The van der Waals surface area contributed by atoms with E-state index in [0.29, 0.717) is 13.2 Å². The Morgan fingerprint density at radius 3 is 2.57 bits per heavy atom. The summed E-state index contributed by atoms with van der Waals surface area (Å²) >= 11 is 0. The third-order valence-electron chi connectivity index (χ3n) is 4.04. The van der Waals surface area contributed by atoms with Crippen molar-refractivity contribution in [1.29, 1.82) is 0 Å². The second-order valence-electron chi connectivity index (χ2n) is 5.87. The van der Waals surface area contributed by atoms with Crippen molar-refractivity contribution in [2.75, 3.05) is 46.4 Å². The topological polar surface area (TPSA) is 48.9 Å². The molecule has 0 radical (unpaired) electrons. The van der Waals surface area contributed by atoms with E-state index in [1.165, 1.54) is 37.9 Å². The molecule has 0 aliphatic carbocycles. The van der Waals surface area contributed by atoms with Gasteiger partial charge in [0.15, 0.2) is 5.96 Å². The fourth-order valence-electron chi connectivity index (χ4n) is 2.74. The second kappa shape index (κ2) is 11.0. The first-order valence-corrected chi connectivity index (χ1v) is 8.67. The van der Waals surface area contributed by atoms with Gasteiger partial charge in [-0.25, -0.2) is 0 Å². The Hall–Kier alpha value is -1.59. The van der Waals surface area contributed by atoms with Gasteiger partial charge in [-0.15, -0.1) is 0 Å². The summed E-state index contributed by atoms with van der Waals surface area (Å²) in [6.07, 6.45) is 4.06. The number of ether oxygens (including phenoxy) is 1. The average molecular weight is 318 g/mol. The lowest BCUT2D eigenvalue weighted by atomic mass is 10.1. The molecule has 0 amide bonds. The van der Waals surface area contributed by atoms with Crippen LogP contribution in [0.5, 0.6) is 0 Å². The van der Waals surface area contributed by atoms with E-state index in [2.05, 4.69) is 32.7 Å². The van der Waals surface area contributed by atoms with Gasteiger partial charge in [0.25, 0.3) is 0 Å². The first-order valence-electron chi connectivity index (χ1n) is 8.67. The lowest BCUT2D eigenvalue weighted by Crippen LogP contribution is -2.43. The van der Waals surface area contributed by atoms with E-state index in [1.807, 2.05) is 18.2 Å². The Kier molecular flexibility index (Phi) is 8.51. The average Bonchev–Trinajstić information content (AvgIpc) is 2.61. The fraction of sp³-hybridized carbons (Fsp3) is 0.611. The summed E-state index contributed by atoms with van der Waals surface area (Å²) in [5.74, 6) is 0.852. The second-order valence-corrected chi connectivity index (χ2v) is 5.87. The molecule has 2 N–H and O–H groups in total. The van der Waals surface area contributed by atoms with Gasteiger partial charge in [-0.05, 0) is 31.5 Å². The summed E-state index contributed by atoms with van der Waals surface area (Å²) in [5.41, 5.74) is 1.21. The van der Waals surface area contributed by atoms with Crippen LogP contribution in [-0.2, 0) is 11.3 Å². The molecule has 128 valence electrons. The number of aliphatic imine (C=N–C) groups is 1. The zero-order valence-electron chi connectivity index (χ0n) is 14.3. The van der Waals surface area contributed by atoms with Crippen LogP contribution in [0.3, 0.4) is 0 Å². The van der Waals surface area contributed by atoms with Gasteiger partial charge < -0.3 is 20.3 Å². The SMILES string of the molecule is CN=C(NCCOCc1ccccc1)NCCN1CCCCC1. The summed E-state index contributed by atoms with van der Waals surface area (Å²) in [6.45, 7) is 6.58. The molecule has 1 fully saturated rings. The molecule has 0 unspecified atom stereocenters. The highest BCUT2D eigenvalue weighted by molar-refractivity contribution is 5.79. The molecule has 23 heavy (non-hydrogen) atoms. The number of nitrogens with one attached hydrogen (secondary N) is 2. The van der Waals surface area contributed by atoms with E-state index in [4.69, 9.17) is 4.74 Å². The molecule has 0 atom stereocenters. The van der Waals surface area contributed by atoms with Gasteiger partial charge in [0.2, 0.25) is 0 Å². The van der Waals surface area contributed by atoms with Crippen molar-refractivity contribution in [1.82, 2.24) is 15.5 Å². The van der Waals surface area contributed by atoms with Crippen LogP contribution in [0.2, 0.25) is 0 Å². The van der Waals surface area contributed by atoms with E-state index in [9.17, 15) is 0 Å². The van der Waals surface area contributed by atoms with Gasteiger partial charge in [-0.2, -0.15) is 0 Å². The molecule has 0 spiro atoms. The van der Waals surface area contributed by atoms with Crippen LogP contribution in [0, 0.1) is 0 Å². The molecule has 2 rings (SSSR count). The minimum absolute atomic E-state index is 0.656. The molecule has 0 bridgehead atoms. The Morgan fingerprint density at radius 2 is 1.83 bits per heavy atom. The number of nitrogens with zero attached hydrogens (tertiary/aromatic N) is 2. The number of rotatable bonds is 8. The van der Waals surface area contributed by atoms with Crippen molar-refractivity contribution in [3.05, 3.63) is 35.9 Å². The quantitative estimate of drug-likeness (QED) is 0.436. The molecule has 5 heteroatoms. The van der Waals surface area contributed by atoms with Gasteiger partial charge in [-0.1, -0.05) is 36.8 Å². The van der Waals surface area contributed by atoms with Crippen LogP contribution in [-0.4, -0.2) is 57.2 Å². The van der Waals surface area contributed by atoms with E-state index in [-0.39, 0.29) is 0 Å². The number of benzene rings is 1. The monoisotopic (exact) mass is 318 g/mol. The van der Waals surface area contributed by atoms with Gasteiger partial charge in [0.1, 0.15) is 0 Å². The lowest BCUT2D eigenvalue weighted by molar-refractivity contribution is 0.125. The van der Waals surface area contributed by atoms with Crippen LogP contribution in [0.1, 0.15) is 24.8 Å². The summed E-state index contributed by atoms with van der Waals surface area (Å²) in [5, 5.41) is 6.66. The summed E-state index contributed by atoms with van der Waals surface area (Å²) in [7, 11) is 1.81. The molecule has 1 heterocycles. The summed E-state index contributed by atoms with van der Waals surface area (Å²) in [4.78, 5) is 6.77. The smallest absolute Gasteiger partial charge is 0.191 e. The maximum atomic E-state index is 5.66. The van der Waals surface area contributed by atoms with Crippen molar-refractivity contribution in [2.24, 2.45) is 4.99 Å². The zero-order valence-corrected chi connectivity index (χ0v) is 14.3. The van der Waals surface area contributed by atoms with Crippen LogP contribution in [0.4, 0.5) is 0 Å². The van der Waals surface area contributed by atoms with Crippen molar-refractivity contribution in [2.45, 2.75) is 25.9 Å². The Morgan fingerprint density at radius 1 is 1.09 bits per heavy atom. The van der Waals surface area contributed by atoms with Crippen molar-refractivity contribution >= 4 is 5.96 Å². The maximum absolute atomic E-state index is 5.66. The largest absolute Gasteiger partial charge is 0.375 e. The van der Waals surface area contributed by atoms with Gasteiger partial charge in [0.05, 0.1) is 13.2 Å². The molecule has 1 aromatic rings. The molecule has 0 aromatic heterocycles. The predicted octanol–water partition coefficient (Wildman–Crippen LogP) is 1.85. The molecular weight excluding hydrogens is 288 g/mol. The van der Waals surface area contributed by atoms with E-state index in [1.54, 1.807) is 7.05 Å². The first kappa shape index (κ1) is 17.8. The highest BCUT2D eigenvalue weighted by Gasteiger charge is 2.09. The normalized spacial score (nSPS) is 16.3. The van der Waals surface area contributed by atoms with Crippen molar-refractivity contribution in [3.8, 4) is 0 Å². The van der Waals surface area contributed by atoms with E-state index < -0.39 is 0 Å². The maximum Gasteiger partial charge on any atom is 0.191 e. The highest BCUT2D eigenvalue weighted by Crippen LogP contribution is 2.07. The highest BCUT2D eigenvalue weighted by atomic mass is 16.5. The van der Waals surface area contributed by atoms with Crippen LogP contribution >= 0.6 is 0 Å². The van der Waals surface area contributed by atoms with Crippen LogP contribution in [0.25, 0.3) is 0 Å². The zero-order chi connectivity index (χ0) is 16.2. The summed E-state index contributed by atoms with van der Waals surface area (Å²) < 4.78 is 5.66. The number of likely N-dealkylation sites (tertiary alicyclic amines) is 1. The van der Waals surface area contributed by atoms with Crippen molar-refractivity contribution < 1.29 is 4.74 Å². The molecular formula is C18H30N4O. The Balaban J connectivity index is 1.51. The molecule has 1 aliphatic rings. The molecule has 1 aromatic carbocycles. The molecule has 0 saturated carbocycles. The minimum Gasteiger partial charge on any atom is -0.375 e. The fourth-order valence-corrected chi connectivity index (χ4v) is 2.74. The Bertz CT molecular complexity index is 444. The van der Waals surface area contributed by atoms with Gasteiger partial charge >= 0.3 is 0 Å². The predicted molar refractivity (Wildman–Crippen MR) is 95.8 cm³/mol. The number of hydrogen-bond acceptors (Lipinski definition) is 3.